The third kappa shape index (κ3) is 3.03. The Morgan fingerprint density at radius 2 is 2.05 bits per heavy atom. The number of rotatable bonds is 2. The minimum atomic E-state index is -4.52. The molecule has 100 valence electrons. The highest BCUT2D eigenvalue weighted by Gasteiger charge is 2.35. The normalized spacial score (nSPS) is 11.6. The summed E-state index contributed by atoms with van der Waals surface area (Å²) >= 11 is 3.58. The van der Waals surface area contributed by atoms with Crippen molar-refractivity contribution in [1.82, 2.24) is 4.98 Å². The number of hydrogen-bond donors (Lipinski definition) is 0. The summed E-state index contributed by atoms with van der Waals surface area (Å²) in [4.78, 5) is 15.3. The molecule has 0 saturated carbocycles. The molecule has 1 heterocycles. The highest BCUT2D eigenvalue weighted by Crippen LogP contribution is 2.33. The molecule has 0 radical (unpaired) electrons. The quantitative estimate of drug-likeness (QED) is 0.749. The van der Waals surface area contributed by atoms with Crippen molar-refractivity contribution in [2.24, 2.45) is 0 Å². The summed E-state index contributed by atoms with van der Waals surface area (Å²) in [5.41, 5.74) is 1.27. The second kappa shape index (κ2) is 5.05. The first-order chi connectivity index (χ1) is 8.79. The summed E-state index contributed by atoms with van der Waals surface area (Å²) in [6.07, 6.45) is -3.56. The highest BCUT2D eigenvalue weighted by atomic mass is 79.9. The highest BCUT2D eigenvalue weighted by molar-refractivity contribution is 9.10. The second-order valence-corrected chi connectivity index (χ2v) is 5.72. The predicted molar refractivity (Wildman–Crippen MR) is 69.4 cm³/mol. The average Bonchev–Trinajstić information content (AvgIpc) is 2.76. The fraction of sp³-hybridized carbons (Fsp3) is 0.167. The zero-order valence-corrected chi connectivity index (χ0v) is 12.0. The van der Waals surface area contributed by atoms with Crippen molar-refractivity contribution in [3.63, 3.8) is 0 Å². The molecule has 1 aromatic heterocycles. The number of alkyl halides is 3. The lowest BCUT2D eigenvalue weighted by Crippen LogP contribution is -2.03. The lowest BCUT2D eigenvalue weighted by molar-refractivity contribution is -0.137. The van der Waals surface area contributed by atoms with E-state index in [9.17, 15) is 18.0 Å². The van der Waals surface area contributed by atoms with Crippen LogP contribution in [0, 0.1) is 6.92 Å². The van der Waals surface area contributed by atoms with E-state index in [-0.39, 0.29) is 4.88 Å². The number of carbonyl (C=O) groups is 1. The zero-order chi connectivity index (χ0) is 14.2. The number of hydrogen-bond acceptors (Lipinski definition) is 3. The van der Waals surface area contributed by atoms with E-state index in [0.29, 0.717) is 21.4 Å². The van der Waals surface area contributed by atoms with E-state index in [2.05, 4.69) is 20.9 Å². The van der Waals surface area contributed by atoms with Crippen molar-refractivity contribution in [3.05, 3.63) is 49.9 Å². The van der Waals surface area contributed by atoms with Crippen LogP contribution in [0.15, 0.2) is 28.9 Å². The van der Waals surface area contributed by atoms with Crippen LogP contribution in [-0.2, 0) is 6.18 Å². The van der Waals surface area contributed by atoms with E-state index in [4.69, 9.17) is 0 Å². The molecule has 2 aromatic rings. The third-order valence-corrected chi connectivity index (χ3v) is 4.04. The zero-order valence-electron chi connectivity index (χ0n) is 9.58. The maximum absolute atomic E-state index is 12.4. The van der Waals surface area contributed by atoms with Crippen molar-refractivity contribution in [3.8, 4) is 0 Å². The number of aromatic nitrogens is 1. The molecule has 0 N–H and O–H groups in total. The average molecular weight is 350 g/mol. The molecule has 7 heteroatoms. The maximum atomic E-state index is 12.4. The monoisotopic (exact) mass is 349 g/mol. The molecule has 0 aliphatic heterocycles. The molecule has 2 nitrogen and oxygen atoms in total. The molecular formula is C12H7BrF3NOS. The number of halogens is 4. The van der Waals surface area contributed by atoms with E-state index >= 15 is 0 Å². The van der Waals surface area contributed by atoms with Gasteiger partial charge in [0.2, 0.25) is 5.78 Å². The minimum absolute atomic E-state index is 0.0307. The number of aryl methyl sites for hydroxylation is 1. The van der Waals surface area contributed by atoms with Crippen molar-refractivity contribution in [1.29, 1.82) is 0 Å². The number of thiazole rings is 1. The van der Waals surface area contributed by atoms with E-state index in [1.807, 2.05) is 6.92 Å². The first kappa shape index (κ1) is 14.2. The molecule has 0 unspecified atom stereocenters. The SMILES string of the molecule is Cc1ccc(C(=O)c2cnc(C(F)(F)F)s2)c(Br)c1. The maximum Gasteiger partial charge on any atom is 0.443 e. The summed E-state index contributed by atoms with van der Waals surface area (Å²) < 4.78 is 37.8. The number of ketones is 1. The van der Waals surface area contributed by atoms with E-state index < -0.39 is 17.0 Å². The Balaban J connectivity index is 2.37. The molecule has 0 amide bonds. The smallest absolute Gasteiger partial charge is 0.288 e. The summed E-state index contributed by atoms with van der Waals surface area (Å²) in [6.45, 7) is 1.85. The van der Waals surface area contributed by atoms with Gasteiger partial charge in [0.15, 0.2) is 5.01 Å². The predicted octanol–water partition coefficient (Wildman–Crippen LogP) is 4.46. The fourth-order valence-corrected chi connectivity index (χ4v) is 2.86. The molecule has 2 rings (SSSR count). The van der Waals surface area contributed by atoms with E-state index in [1.165, 1.54) is 0 Å². The molecule has 0 aliphatic carbocycles. The molecule has 0 spiro atoms. The van der Waals surface area contributed by atoms with Crippen molar-refractivity contribution >= 4 is 33.0 Å². The molecule has 0 fully saturated rings. The fourth-order valence-electron chi connectivity index (χ4n) is 1.45. The summed E-state index contributed by atoms with van der Waals surface area (Å²) in [5.74, 6) is -0.472. The largest absolute Gasteiger partial charge is 0.443 e. The molecule has 0 bridgehead atoms. The van der Waals surface area contributed by atoms with Crippen molar-refractivity contribution in [2.45, 2.75) is 13.1 Å². The van der Waals surface area contributed by atoms with Crippen molar-refractivity contribution < 1.29 is 18.0 Å². The van der Waals surface area contributed by atoms with Gasteiger partial charge in [-0.25, -0.2) is 4.98 Å². The van der Waals surface area contributed by atoms with Gasteiger partial charge in [0, 0.05) is 16.2 Å². The minimum Gasteiger partial charge on any atom is -0.288 e. The molecular weight excluding hydrogens is 343 g/mol. The van der Waals surface area contributed by atoms with Crippen LogP contribution in [0.1, 0.15) is 25.8 Å². The Morgan fingerprint density at radius 1 is 1.37 bits per heavy atom. The van der Waals surface area contributed by atoms with Gasteiger partial charge in [0.25, 0.3) is 0 Å². The topological polar surface area (TPSA) is 30.0 Å². The first-order valence-corrected chi connectivity index (χ1v) is 6.74. The van der Waals surface area contributed by atoms with Gasteiger partial charge >= 0.3 is 6.18 Å². The molecule has 0 saturated heterocycles. The van der Waals surface area contributed by atoms with Crippen molar-refractivity contribution in [2.75, 3.05) is 0 Å². The Morgan fingerprint density at radius 3 is 2.58 bits per heavy atom. The van der Waals surface area contributed by atoms with E-state index in [1.54, 1.807) is 18.2 Å². The number of benzene rings is 1. The second-order valence-electron chi connectivity index (χ2n) is 3.84. The Hall–Kier alpha value is -1.21. The van der Waals surface area contributed by atoms with Gasteiger partial charge < -0.3 is 0 Å². The molecule has 1 aromatic carbocycles. The van der Waals surface area contributed by atoms with Gasteiger partial charge in [0.05, 0.1) is 4.88 Å². The standard InChI is InChI=1S/C12H7BrF3NOS/c1-6-2-3-7(8(13)4-6)10(18)9-5-17-11(19-9)12(14,15)16/h2-5H,1H3. The Kier molecular flexibility index (Phi) is 3.78. The molecule has 0 atom stereocenters. The number of carbonyl (C=O) groups excluding carboxylic acids is 1. The van der Waals surface area contributed by atoms with E-state index in [0.717, 1.165) is 11.8 Å². The Labute approximate surface area is 119 Å². The summed E-state index contributed by atoms with van der Waals surface area (Å²) in [5, 5.41) is -1.01. The Bertz CT molecular complexity index is 636. The first-order valence-electron chi connectivity index (χ1n) is 5.13. The lowest BCUT2D eigenvalue weighted by atomic mass is 10.1. The molecule has 19 heavy (non-hydrogen) atoms. The summed E-state index contributed by atoms with van der Waals surface area (Å²) in [7, 11) is 0. The van der Waals surface area contributed by atoms with Crippen LogP contribution in [0.5, 0.6) is 0 Å². The van der Waals surface area contributed by atoms with Crippen LogP contribution >= 0.6 is 27.3 Å². The van der Waals surface area contributed by atoms with Gasteiger partial charge in [-0.05, 0) is 24.6 Å². The van der Waals surface area contributed by atoms with Crippen LogP contribution in [-0.4, -0.2) is 10.8 Å². The van der Waals surface area contributed by atoms with Crippen LogP contribution in [0.2, 0.25) is 0 Å². The van der Waals surface area contributed by atoms with Gasteiger partial charge in [-0.2, -0.15) is 13.2 Å². The van der Waals surface area contributed by atoms with Crippen LogP contribution in [0.4, 0.5) is 13.2 Å². The number of nitrogens with zero attached hydrogens (tertiary/aromatic N) is 1. The van der Waals surface area contributed by atoms with Crippen LogP contribution in [0.3, 0.4) is 0 Å². The summed E-state index contributed by atoms with van der Waals surface area (Å²) in [6, 6.07) is 5.04. The molecule has 0 aliphatic rings. The van der Waals surface area contributed by atoms with Crippen LogP contribution in [0.25, 0.3) is 0 Å². The van der Waals surface area contributed by atoms with Gasteiger partial charge in [-0.3, -0.25) is 4.79 Å². The lowest BCUT2D eigenvalue weighted by Gasteiger charge is -2.03. The van der Waals surface area contributed by atoms with Gasteiger partial charge in [-0.15, -0.1) is 11.3 Å². The van der Waals surface area contributed by atoms with Gasteiger partial charge in [0.1, 0.15) is 0 Å². The van der Waals surface area contributed by atoms with Crippen LogP contribution < -0.4 is 0 Å². The third-order valence-electron chi connectivity index (χ3n) is 2.34. The van der Waals surface area contributed by atoms with Gasteiger partial charge in [-0.1, -0.05) is 22.0 Å².